The highest BCUT2D eigenvalue weighted by molar-refractivity contribution is 6.09. The van der Waals surface area contributed by atoms with E-state index in [1.54, 1.807) is 43.5 Å². The highest BCUT2D eigenvalue weighted by Gasteiger charge is 2.15. The summed E-state index contributed by atoms with van der Waals surface area (Å²) in [5, 5.41) is 12.2. The number of amides is 1. The molecule has 0 atom stereocenters. The molecule has 0 aliphatic rings. The zero-order chi connectivity index (χ0) is 22.6. The van der Waals surface area contributed by atoms with Crippen molar-refractivity contribution in [3.63, 3.8) is 0 Å². The van der Waals surface area contributed by atoms with E-state index < -0.39 is 5.91 Å². The number of anilines is 1. The first-order valence-electron chi connectivity index (χ1n) is 9.60. The van der Waals surface area contributed by atoms with Crippen LogP contribution < -0.4 is 19.5 Å². The molecule has 0 aromatic heterocycles. The van der Waals surface area contributed by atoms with E-state index in [1.165, 1.54) is 6.08 Å². The smallest absolute Gasteiger partial charge is 0.266 e. The van der Waals surface area contributed by atoms with Gasteiger partial charge in [0.15, 0.2) is 11.5 Å². The van der Waals surface area contributed by atoms with Crippen molar-refractivity contribution in [2.24, 2.45) is 0 Å². The molecule has 0 saturated carbocycles. The van der Waals surface area contributed by atoms with Crippen LogP contribution in [0.3, 0.4) is 0 Å². The van der Waals surface area contributed by atoms with Gasteiger partial charge in [-0.05, 0) is 61.4 Å². The van der Waals surface area contributed by atoms with Crippen molar-refractivity contribution in [3.8, 4) is 35.7 Å². The largest absolute Gasteiger partial charge is 0.497 e. The van der Waals surface area contributed by atoms with Crippen LogP contribution in [0.25, 0.3) is 6.08 Å². The van der Waals surface area contributed by atoms with Gasteiger partial charge in [0.25, 0.3) is 5.91 Å². The fourth-order valence-electron chi connectivity index (χ4n) is 2.80. The zero-order valence-electron chi connectivity index (χ0n) is 17.6. The molecule has 2 aromatic carbocycles. The topological polar surface area (TPSA) is 80.6 Å². The summed E-state index contributed by atoms with van der Waals surface area (Å²) in [5.74, 6) is 3.59. The second-order valence-corrected chi connectivity index (χ2v) is 6.28. The number of rotatable bonds is 10. The Kier molecular flexibility index (Phi) is 8.76. The molecule has 158 valence electrons. The van der Waals surface area contributed by atoms with E-state index in [2.05, 4.69) is 17.8 Å². The molecule has 0 spiro atoms. The van der Waals surface area contributed by atoms with Crippen LogP contribution in [0.2, 0.25) is 0 Å². The van der Waals surface area contributed by atoms with Gasteiger partial charge in [-0.1, -0.05) is 12.0 Å². The van der Waals surface area contributed by atoms with E-state index in [0.29, 0.717) is 41.5 Å². The number of carbonyl (C=O) groups excluding carboxylic acids is 1. The number of carbonyl (C=O) groups is 1. The van der Waals surface area contributed by atoms with Gasteiger partial charge in [-0.25, -0.2) is 0 Å². The first kappa shape index (κ1) is 23.1. The van der Waals surface area contributed by atoms with E-state index in [9.17, 15) is 10.1 Å². The number of nitriles is 1. The maximum atomic E-state index is 12.6. The lowest BCUT2D eigenvalue weighted by molar-refractivity contribution is -0.112. The lowest BCUT2D eigenvalue weighted by Gasteiger charge is -2.15. The normalized spacial score (nSPS) is 10.4. The summed E-state index contributed by atoms with van der Waals surface area (Å²) in [6.07, 6.45) is 9.04. The minimum atomic E-state index is -0.524. The maximum absolute atomic E-state index is 12.6. The van der Waals surface area contributed by atoms with Crippen molar-refractivity contribution < 1.29 is 19.0 Å². The molecule has 0 aliphatic heterocycles. The number of terminal acetylenes is 1. The monoisotopic (exact) mass is 416 g/mol. The van der Waals surface area contributed by atoms with Crippen molar-refractivity contribution in [3.05, 3.63) is 65.8 Å². The van der Waals surface area contributed by atoms with E-state index >= 15 is 0 Å². The molecular weight excluding hydrogens is 392 g/mol. The molecule has 0 saturated heterocycles. The lowest BCUT2D eigenvalue weighted by atomic mass is 10.0. The van der Waals surface area contributed by atoms with Gasteiger partial charge in [0.1, 0.15) is 24.0 Å². The molecule has 1 amide bonds. The number of hydrogen-bond acceptors (Lipinski definition) is 5. The SMILES string of the molecule is C#CCOc1c(CC=C)cc(/C=C(\C#N)C(=O)Nc2ccc(OC)cc2)cc1OCC. The molecule has 31 heavy (non-hydrogen) atoms. The Labute approximate surface area is 182 Å². The number of nitrogens with one attached hydrogen (secondary N) is 1. The summed E-state index contributed by atoms with van der Waals surface area (Å²) in [5.41, 5.74) is 1.90. The van der Waals surface area contributed by atoms with Crippen molar-refractivity contribution >= 4 is 17.7 Å². The molecular formula is C25H24N2O4. The van der Waals surface area contributed by atoms with Crippen LogP contribution in [0, 0.1) is 23.7 Å². The summed E-state index contributed by atoms with van der Waals surface area (Å²) < 4.78 is 16.5. The molecule has 0 unspecified atom stereocenters. The molecule has 1 N–H and O–H groups in total. The Bertz CT molecular complexity index is 1040. The molecule has 6 heteroatoms. The predicted octanol–water partition coefficient (Wildman–Crippen LogP) is 4.38. The molecule has 0 bridgehead atoms. The number of ether oxygens (including phenoxy) is 3. The molecule has 0 aliphatic carbocycles. The maximum Gasteiger partial charge on any atom is 0.266 e. The first-order chi connectivity index (χ1) is 15.1. The number of nitrogens with zero attached hydrogens (tertiary/aromatic N) is 1. The fourth-order valence-corrected chi connectivity index (χ4v) is 2.80. The summed E-state index contributed by atoms with van der Waals surface area (Å²) in [6.45, 7) is 6.12. The highest BCUT2D eigenvalue weighted by Crippen LogP contribution is 2.34. The van der Waals surface area contributed by atoms with Crippen LogP contribution in [0.15, 0.2) is 54.6 Å². The molecule has 2 aromatic rings. The van der Waals surface area contributed by atoms with Gasteiger partial charge in [-0.2, -0.15) is 5.26 Å². The minimum absolute atomic E-state index is 0.0555. The molecule has 0 heterocycles. The van der Waals surface area contributed by atoms with Crippen LogP contribution in [0.5, 0.6) is 17.2 Å². The second-order valence-electron chi connectivity index (χ2n) is 6.28. The zero-order valence-corrected chi connectivity index (χ0v) is 17.6. The van der Waals surface area contributed by atoms with E-state index in [1.807, 2.05) is 19.1 Å². The summed E-state index contributed by atoms with van der Waals surface area (Å²) in [4.78, 5) is 12.6. The standard InChI is InChI=1S/C25H24N2O4/c1-5-8-19-14-18(16-23(30-7-3)24(19)31-13-6-2)15-20(17-26)25(28)27-21-9-11-22(29-4)12-10-21/h2,5,9-12,14-16H,1,7-8,13H2,3-4H3,(H,27,28)/b20-15+. The minimum Gasteiger partial charge on any atom is -0.497 e. The first-order valence-corrected chi connectivity index (χ1v) is 9.60. The third-order valence-electron chi connectivity index (χ3n) is 4.14. The van der Waals surface area contributed by atoms with Crippen LogP contribution in [-0.2, 0) is 11.2 Å². The Morgan fingerprint density at radius 2 is 2.00 bits per heavy atom. The Morgan fingerprint density at radius 1 is 1.26 bits per heavy atom. The van der Waals surface area contributed by atoms with Gasteiger partial charge in [-0.15, -0.1) is 13.0 Å². The van der Waals surface area contributed by atoms with Crippen LogP contribution in [0.4, 0.5) is 5.69 Å². The van der Waals surface area contributed by atoms with Gasteiger partial charge in [0.2, 0.25) is 0 Å². The number of methoxy groups -OCH3 is 1. The molecule has 0 radical (unpaired) electrons. The van der Waals surface area contributed by atoms with Crippen molar-refractivity contribution in [2.45, 2.75) is 13.3 Å². The van der Waals surface area contributed by atoms with E-state index in [0.717, 1.165) is 5.56 Å². The van der Waals surface area contributed by atoms with E-state index in [4.69, 9.17) is 20.6 Å². The van der Waals surface area contributed by atoms with Crippen molar-refractivity contribution in [1.82, 2.24) is 0 Å². The predicted molar refractivity (Wildman–Crippen MR) is 121 cm³/mol. The van der Waals surface area contributed by atoms with Gasteiger partial charge in [0, 0.05) is 11.3 Å². The number of allylic oxidation sites excluding steroid dienone is 1. The Morgan fingerprint density at radius 3 is 2.58 bits per heavy atom. The average molecular weight is 416 g/mol. The third-order valence-corrected chi connectivity index (χ3v) is 4.14. The number of benzene rings is 2. The van der Waals surface area contributed by atoms with E-state index in [-0.39, 0.29) is 12.2 Å². The third kappa shape index (κ3) is 6.42. The number of hydrogen-bond donors (Lipinski definition) is 1. The Balaban J connectivity index is 2.38. The summed E-state index contributed by atoms with van der Waals surface area (Å²) in [6, 6.07) is 12.3. The van der Waals surface area contributed by atoms with Crippen LogP contribution in [0.1, 0.15) is 18.1 Å². The van der Waals surface area contributed by atoms with Crippen LogP contribution in [-0.4, -0.2) is 26.2 Å². The lowest BCUT2D eigenvalue weighted by Crippen LogP contribution is -2.13. The molecule has 2 rings (SSSR count). The average Bonchev–Trinajstić information content (AvgIpc) is 2.77. The van der Waals surface area contributed by atoms with Gasteiger partial charge < -0.3 is 19.5 Å². The van der Waals surface area contributed by atoms with Crippen molar-refractivity contribution in [2.75, 3.05) is 25.6 Å². The van der Waals surface area contributed by atoms with Crippen molar-refractivity contribution in [1.29, 1.82) is 5.26 Å². The molecule has 6 nitrogen and oxygen atoms in total. The van der Waals surface area contributed by atoms with Crippen LogP contribution >= 0.6 is 0 Å². The quantitative estimate of drug-likeness (QED) is 0.269. The highest BCUT2D eigenvalue weighted by atomic mass is 16.5. The Hall–Kier alpha value is -4.16. The molecule has 0 fully saturated rings. The van der Waals surface area contributed by atoms with Gasteiger partial charge in [0.05, 0.1) is 13.7 Å². The van der Waals surface area contributed by atoms with Gasteiger partial charge >= 0.3 is 0 Å². The second kappa shape index (κ2) is 11.7. The summed E-state index contributed by atoms with van der Waals surface area (Å²) in [7, 11) is 1.56. The summed E-state index contributed by atoms with van der Waals surface area (Å²) >= 11 is 0. The fraction of sp³-hybridized carbons (Fsp3) is 0.200. The van der Waals surface area contributed by atoms with Gasteiger partial charge in [-0.3, -0.25) is 4.79 Å².